The highest BCUT2D eigenvalue weighted by Gasteiger charge is 2.55. The van der Waals surface area contributed by atoms with Crippen LogP contribution in [0.4, 0.5) is 18.9 Å². The summed E-state index contributed by atoms with van der Waals surface area (Å²) < 4.78 is 65.5. The van der Waals surface area contributed by atoms with Crippen molar-refractivity contribution < 1.29 is 36.6 Å². The van der Waals surface area contributed by atoms with Gasteiger partial charge in [0.2, 0.25) is 15.6 Å². The largest absolute Gasteiger partial charge is 0.426 e. The molecule has 1 aliphatic carbocycles. The molecule has 0 spiro atoms. The average molecular weight is 445 g/mol. The first kappa shape index (κ1) is 22.9. The van der Waals surface area contributed by atoms with Crippen molar-refractivity contribution in [3.63, 3.8) is 0 Å². The summed E-state index contributed by atoms with van der Waals surface area (Å²) in [6.45, 7) is 0.292. The molecule has 1 saturated carbocycles. The molecule has 0 aromatic heterocycles. The van der Waals surface area contributed by atoms with Crippen molar-refractivity contribution in [2.24, 2.45) is 0 Å². The number of amides is 1. The molecule has 1 aliphatic rings. The molecule has 1 amide bonds. The van der Waals surface area contributed by atoms with Crippen LogP contribution in [0.25, 0.3) is 0 Å². The van der Waals surface area contributed by atoms with Gasteiger partial charge in [-0.2, -0.15) is 13.2 Å². The number of benzene rings is 1. The molecule has 0 heterocycles. The zero-order valence-corrected chi connectivity index (χ0v) is 16.3. The molecule has 1 aromatic carbocycles. The van der Waals surface area contributed by atoms with Crippen LogP contribution in [-0.2, 0) is 14.8 Å². The lowest BCUT2D eigenvalue weighted by atomic mass is 9.94. The second kappa shape index (κ2) is 8.15. The quantitative estimate of drug-likeness (QED) is 0.555. The van der Waals surface area contributed by atoms with Gasteiger partial charge < -0.3 is 15.5 Å². The fourth-order valence-electron chi connectivity index (χ4n) is 2.62. The van der Waals surface area contributed by atoms with E-state index in [1.807, 2.05) is 5.32 Å². The van der Waals surface area contributed by atoms with Gasteiger partial charge in [-0.05, 0) is 50.8 Å². The lowest BCUT2D eigenvalue weighted by Crippen LogP contribution is -2.52. The lowest BCUT2D eigenvalue weighted by Gasteiger charge is -2.26. The first-order chi connectivity index (χ1) is 12.7. The fraction of sp³-hybridized carbons (Fsp3) is 0.562. The van der Waals surface area contributed by atoms with E-state index in [4.69, 9.17) is 11.6 Å². The normalized spacial score (nSPS) is 23.1. The van der Waals surface area contributed by atoms with E-state index in [9.17, 15) is 36.6 Å². The molecule has 1 aromatic rings. The summed E-state index contributed by atoms with van der Waals surface area (Å²) in [6, 6.07) is 2.74. The molecule has 1 atom stereocenters. The maximum Gasteiger partial charge on any atom is 0.426 e. The van der Waals surface area contributed by atoms with Gasteiger partial charge in [0.15, 0.2) is 0 Å². The second-order valence-corrected chi connectivity index (χ2v) is 8.91. The van der Waals surface area contributed by atoms with Crippen LogP contribution in [0.1, 0.15) is 32.6 Å². The molecule has 0 unspecified atom stereocenters. The topological polar surface area (TPSA) is 116 Å². The number of anilines is 1. The van der Waals surface area contributed by atoms with Crippen LogP contribution in [0.5, 0.6) is 0 Å². The van der Waals surface area contributed by atoms with Gasteiger partial charge in [-0.1, -0.05) is 11.6 Å². The Balaban J connectivity index is 2.14. The van der Waals surface area contributed by atoms with Crippen molar-refractivity contribution in [3.8, 4) is 0 Å². The van der Waals surface area contributed by atoms with Crippen LogP contribution in [0.2, 0.25) is 5.02 Å². The Kier molecular flexibility index (Phi) is 6.66. The van der Waals surface area contributed by atoms with E-state index in [-0.39, 0.29) is 21.6 Å². The molecular weight excluding hydrogens is 425 g/mol. The van der Waals surface area contributed by atoms with Crippen LogP contribution < -0.4 is 10.0 Å². The average Bonchev–Trinajstić information content (AvgIpc) is 2.57. The highest BCUT2D eigenvalue weighted by atomic mass is 35.5. The number of sulfonamides is 1. The Morgan fingerprint density at radius 2 is 1.79 bits per heavy atom. The Labute approximate surface area is 164 Å². The van der Waals surface area contributed by atoms with Crippen LogP contribution in [0.3, 0.4) is 0 Å². The summed E-state index contributed by atoms with van der Waals surface area (Å²) in [7, 11) is -3.95. The number of aliphatic hydroxyl groups excluding tert-OH is 1. The fourth-order valence-corrected chi connectivity index (χ4v) is 4.24. The Morgan fingerprint density at radius 3 is 2.29 bits per heavy atom. The Morgan fingerprint density at radius 1 is 1.21 bits per heavy atom. The Bertz CT molecular complexity index is 837. The SMILES string of the molecule is C[C@@](O)(C(=O)Nc1ccc(S(=O)(=O)NC2CCC(O)CC2)cc1Cl)C(F)(F)F. The van der Waals surface area contributed by atoms with Gasteiger partial charge in [0.05, 0.1) is 21.7 Å². The van der Waals surface area contributed by atoms with Crippen LogP contribution >= 0.6 is 11.6 Å². The third kappa shape index (κ3) is 5.15. The van der Waals surface area contributed by atoms with Crippen molar-refractivity contribution in [2.45, 2.75) is 61.4 Å². The van der Waals surface area contributed by atoms with Gasteiger partial charge in [-0.3, -0.25) is 4.79 Å². The number of hydrogen-bond acceptors (Lipinski definition) is 5. The summed E-state index contributed by atoms with van der Waals surface area (Å²) in [5.74, 6) is -1.75. The van der Waals surface area contributed by atoms with Crippen molar-refractivity contribution >= 4 is 33.2 Å². The molecule has 0 aliphatic heterocycles. The number of carbonyl (C=O) groups is 1. The van der Waals surface area contributed by atoms with Crippen molar-refractivity contribution in [1.29, 1.82) is 0 Å². The monoisotopic (exact) mass is 444 g/mol. The minimum Gasteiger partial charge on any atom is -0.393 e. The minimum atomic E-state index is -5.20. The van der Waals surface area contributed by atoms with Crippen molar-refractivity contribution in [1.82, 2.24) is 4.72 Å². The maximum absolute atomic E-state index is 12.7. The zero-order valence-electron chi connectivity index (χ0n) is 14.8. The van der Waals surface area contributed by atoms with E-state index in [1.54, 1.807) is 0 Å². The van der Waals surface area contributed by atoms with Crippen molar-refractivity contribution in [2.75, 3.05) is 5.32 Å². The smallest absolute Gasteiger partial charge is 0.393 e. The number of hydrogen-bond donors (Lipinski definition) is 4. The van der Waals surface area contributed by atoms with Gasteiger partial charge in [-0.25, -0.2) is 13.1 Å². The van der Waals surface area contributed by atoms with Crippen molar-refractivity contribution in [3.05, 3.63) is 23.2 Å². The highest BCUT2D eigenvalue weighted by molar-refractivity contribution is 7.89. The van der Waals surface area contributed by atoms with Crippen LogP contribution in [0.15, 0.2) is 23.1 Å². The van der Waals surface area contributed by atoms with Crippen LogP contribution in [-0.4, -0.2) is 48.5 Å². The third-order valence-corrected chi connectivity index (χ3v) is 6.34. The summed E-state index contributed by atoms with van der Waals surface area (Å²) in [6.07, 6.45) is -3.78. The number of nitrogens with one attached hydrogen (secondary N) is 2. The molecule has 158 valence electrons. The van der Waals surface area contributed by atoms with Gasteiger partial charge >= 0.3 is 6.18 Å². The lowest BCUT2D eigenvalue weighted by molar-refractivity contribution is -0.242. The number of carbonyl (C=O) groups excluding carboxylic acids is 1. The predicted octanol–water partition coefficient (Wildman–Crippen LogP) is 2.17. The summed E-state index contributed by atoms with van der Waals surface area (Å²) in [4.78, 5) is 11.5. The predicted molar refractivity (Wildman–Crippen MR) is 95.3 cm³/mol. The molecule has 12 heteroatoms. The first-order valence-electron chi connectivity index (χ1n) is 8.34. The summed E-state index contributed by atoms with van der Waals surface area (Å²) in [5, 5.41) is 20.4. The first-order valence-corrected chi connectivity index (χ1v) is 10.2. The number of aliphatic hydroxyl groups is 2. The zero-order chi connectivity index (χ0) is 21.3. The number of halogens is 4. The third-order valence-electron chi connectivity index (χ3n) is 4.51. The van der Waals surface area contributed by atoms with E-state index < -0.39 is 33.8 Å². The molecule has 1 fully saturated rings. The van der Waals surface area contributed by atoms with E-state index in [1.165, 1.54) is 0 Å². The number of alkyl halides is 3. The number of rotatable bonds is 5. The Hall–Kier alpha value is -1.40. The van der Waals surface area contributed by atoms with Gasteiger partial charge in [0, 0.05) is 6.04 Å². The molecular formula is C16H20ClF3N2O5S. The van der Waals surface area contributed by atoms with E-state index in [0.29, 0.717) is 32.6 Å². The van der Waals surface area contributed by atoms with E-state index in [2.05, 4.69) is 4.72 Å². The van der Waals surface area contributed by atoms with E-state index >= 15 is 0 Å². The molecule has 2 rings (SSSR count). The van der Waals surface area contributed by atoms with Gasteiger partial charge in [0.25, 0.3) is 5.91 Å². The molecule has 28 heavy (non-hydrogen) atoms. The van der Waals surface area contributed by atoms with E-state index in [0.717, 1.165) is 18.2 Å². The minimum absolute atomic E-state index is 0.232. The summed E-state index contributed by atoms with van der Waals surface area (Å²) >= 11 is 5.90. The maximum atomic E-state index is 12.7. The highest BCUT2D eigenvalue weighted by Crippen LogP contribution is 2.33. The molecule has 0 radical (unpaired) electrons. The molecule has 0 saturated heterocycles. The summed E-state index contributed by atoms with van der Waals surface area (Å²) in [5.41, 5.74) is -3.93. The molecule has 0 bridgehead atoms. The van der Waals surface area contributed by atoms with Gasteiger partial charge in [-0.15, -0.1) is 0 Å². The second-order valence-electron chi connectivity index (χ2n) is 6.79. The van der Waals surface area contributed by atoms with Crippen LogP contribution in [0, 0.1) is 0 Å². The van der Waals surface area contributed by atoms with Gasteiger partial charge in [0.1, 0.15) is 0 Å². The molecule has 4 N–H and O–H groups in total. The standard InChI is InChI=1S/C16H20ClF3N2O5S/c1-15(25,16(18,19)20)14(24)21-13-7-6-11(8-12(13)17)28(26,27)22-9-2-4-10(23)5-3-9/h6-10,22-23,25H,2-5H2,1H3,(H,21,24)/t9?,10?,15-/m1/s1. The molecule has 7 nitrogen and oxygen atoms in total.